The van der Waals surface area contributed by atoms with Gasteiger partial charge >= 0.3 is 7.12 Å². The SMILES string of the molecule is Nc1cc(OC=O)cc(B(O)O)c1. The van der Waals surface area contributed by atoms with Gasteiger partial charge in [0.25, 0.3) is 6.47 Å². The van der Waals surface area contributed by atoms with Gasteiger partial charge < -0.3 is 20.5 Å². The lowest BCUT2D eigenvalue weighted by Crippen LogP contribution is -2.30. The van der Waals surface area contributed by atoms with E-state index in [1.54, 1.807) is 0 Å². The predicted molar refractivity (Wildman–Crippen MR) is 47.4 cm³/mol. The van der Waals surface area contributed by atoms with Crippen molar-refractivity contribution in [2.75, 3.05) is 5.73 Å². The maximum absolute atomic E-state index is 9.98. The van der Waals surface area contributed by atoms with Crippen molar-refractivity contribution < 1.29 is 19.6 Å². The Kier molecular flexibility index (Phi) is 2.89. The second-order valence-corrected chi connectivity index (χ2v) is 2.42. The number of hydrogen-bond donors (Lipinski definition) is 3. The van der Waals surface area contributed by atoms with E-state index in [1.165, 1.54) is 18.2 Å². The minimum absolute atomic E-state index is 0.178. The molecule has 1 aromatic carbocycles. The molecule has 1 aromatic rings. The van der Waals surface area contributed by atoms with Crippen molar-refractivity contribution in [3.05, 3.63) is 18.2 Å². The lowest BCUT2D eigenvalue weighted by atomic mass is 9.80. The monoisotopic (exact) mass is 181 g/mol. The van der Waals surface area contributed by atoms with Gasteiger partial charge in [-0.2, -0.15) is 0 Å². The standard InChI is InChI=1S/C7H8BNO4/c9-6-1-5(8(11)12)2-7(3-6)13-4-10/h1-4,11-12H,9H2. The Bertz CT molecular complexity index is 315. The minimum atomic E-state index is -1.63. The molecule has 0 bridgehead atoms. The highest BCUT2D eigenvalue weighted by molar-refractivity contribution is 6.58. The zero-order valence-electron chi connectivity index (χ0n) is 6.68. The molecule has 0 atom stereocenters. The predicted octanol–water partition coefficient (Wildman–Crippen LogP) is -1.52. The van der Waals surface area contributed by atoms with E-state index >= 15 is 0 Å². The number of benzene rings is 1. The first-order chi connectivity index (χ1) is 6.13. The molecule has 0 fully saturated rings. The molecule has 68 valence electrons. The first-order valence-corrected chi connectivity index (χ1v) is 3.50. The zero-order valence-corrected chi connectivity index (χ0v) is 6.68. The Morgan fingerprint density at radius 1 is 1.38 bits per heavy atom. The van der Waals surface area contributed by atoms with Crippen LogP contribution in [0.1, 0.15) is 0 Å². The van der Waals surface area contributed by atoms with E-state index in [0.29, 0.717) is 5.69 Å². The van der Waals surface area contributed by atoms with Crippen LogP contribution in [0.15, 0.2) is 18.2 Å². The molecule has 1 rings (SSSR count). The molecule has 0 heterocycles. The van der Waals surface area contributed by atoms with Crippen LogP contribution in [-0.2, 0) is 4.79 Å². The molecule has 0 aliphatic heterocycles. The first kappa shape index (κ1) is 9.56. The number of nitrogen functional groups attached to an aromatic ring is 1. The lowest BCUT2D eigenvalue weighted by molar-refractivity contribution is -0.120. The fraction of sp³-hybridized carbons (Fsp3) is 0. The summed E-state index contributed by atoms with van der Waals surface area (Å²) < 4.78 is 4.49. The van der Waals surface area contributed by atoms with Gasteiger partial charge in [-0.1, -0.05) is 0 Å². The summed E-state index contributed by atoms with van der Waals surface area (Å²) in [6.07, 6.45) is 0. The van der Waals surface area contributed by atoms with Crippen LogP contribution in [-0.4, -0.2) is 23.6 Å². The van der Waals surface area contributed by atoms with Crippen molar-refractivity contribution in [2.45, 2.75) is 0 Å². The Morgan fingerprint density at radius 3 is 2.62 bits per heavy atom. The smallest absolute Gasteiger partial charge is 0.429 e. The Hall–Kier alpha value is -1.53. The first-order valence-electron chi connectivity index (χ1n) is 3.50. The van der Waals surface area contributed by atoms with E-state index in [4.69, 9.17) is 15.8 Å². The molecule has 0 saturated carbocycles. The van der Waals surface area contributed by atoms with Crippen molar-refractivity contribution in [3.63, 3.8) is 0 Å². The topological polar surface area (TPSA) is 92.8 Å². The Labute approximate surface area is 74.9 Å². The fourth-order valence-corrected chi connectivity index (χ4v) is 0.919. The van der Waals surface area contributed by atoms with Crippen molar-refractivity contribution in [1.82, 2.24) is 0 Å². The molecule has 4 N–H and O–H groups in total. The molecular weight excluding hydrogens is 173 g/mol. The van der Waals surface area contributed by atoms with Gasteiger partial charge in [-0.3, -0.25) is 4.79 Å². The van der Waals surface area contributed by atoms with Crippen LogP contribution < -0.4 is 15.9 Å². The summed E-state index contributed by atoms with van der Waals surface area (Å²) in [5.41, 5.74) is 5.88. The zero-order chi connectivity index (χ0) is 9.84. The van der Waals surface area contributed by atoms with Crippen LogP contribution in [0.3, 0.4) is 0 Å². The van der Waals surface area contributed by atoms with E-state index in [9.17, 15) is 4.79 Å². The van der Waals surface area contributed by atoms with Crippen LogP contribution in [0.2, 0.25) is 0 Å². The molecule has 0 aliphatic rings. The Balaban J connectivity index is 3.03. The molecule has 0 aliphatic carbocycles. The Morgan fingerprint density at radius 2 is 2.08 bits per heavy atom. The van der Waals surface area contributed by atoms with Gasteiger partial charge in [0.2, 0.25) is 0 Å². The van der Waals surface area contributed by atoms with Gasteiger partial charge in [-0.15, -0.1) is 0 Å². The second-order valence-electron chi connectivity index (χ2n) is 2.42. The van der Waals surface area contributed by atoms with E-state index in [-0.39, 0.29) is 17.7 Å². The van der Waals surface area contributed by atoms with Crippen molar-refractivity contribution >= 4 is 24.7 Å². The number of nitrogens with two attached hydrogens (primary N) is 1. The quantitative estimate of drug-likeness (QED) is 0.299. The summed E-state index contributed by atoms with van der Waals surface area (Å²) in [7, 11) is -1.63. The summed E-state index contributed by atoms with van der Waals surface area (Å²) in [5.74, 6) is 0.179. The molecule has 0 amide bonds. The van der Waals surface area contributed by atoms with Crippen LogP contribution in [0.25, 0.3) is 0 Å². The van der Waals surface area contributed by atoms with Gasteiger partial charge in [0.15, 0.2) is 0 Å². The summed E-state index contributed by atoms with van der Waals surface area (Å²) in [4.78, 5) is 9.98. The van der Waals surface area contributed by atoms with Gasteiger partial charge in [0, 0.05) is 11.8 Å². The third kappa shape index (κ3) is 2.46. The molecule has 0 unspecified atom stereocenters. The third-order valence-corrected chi connectivity index (χ3v) is 1.43. The lowest BCUT2D eigenvalue weighted by Gasteiger charge is -2.04. The van der Waals surface area contributed by atoms with Crippen LogP contribution >= 0.6 is 0 Å². The maximum atomic E-state index is 9.98. The average molecular weight is 181 g/mol. The molecular formula is C7H8BNO4. The molecule has 5 nitrogen and oxygen atoms in total. The number of carbonyl (C=O) groups excluding carboxylic acids is 1. The third-order valence-electron chi connectivity index (χ3n) is 1.43. The minimum Gasteiger partial charge on any atom is -0.429 e. The molecule has 6 heteroatoms. The summed E-state index contributed by atoms with van der Waals surface area (Å²) in [6.45, 7) is 0.238. The summed E-state index contributed by atoms with van der Waals surface area (Å²) >= 11 is 0. The average Bonchev–Trinajstić information content (AvgIpc) is 2.03. The number of hydrogen-bond acceptors (Lipinski definition) is 5. The van der Waals surface area contributed by atoms with Crippen LogP contribution in [0.5, 0.6) is 5.75 Å². The van der Waals surface area contributed by atoms with Gasteiger partial charge in [-0.05, 0) is 17.6 Å². The summed E-state index contributed by atoms with van der Waals surface area (Å²) in [6, 6.07) is 4.10. The summed E-state index contributed by atoms with van der Waals surface area (Å²) in [5, 5.41) is 17.6. The normalized spacial score (nSPS) is 9.38. The number of rotatable bonds is 3. The molecule has 0 aromatic heterocycles. The molecule has 0 spiro atoms. The van der Waals surface area contributed by atoms with E-state index in [2.05, 4.69) is 4.74 Å². The van der Waals surface area contributed by atoms with Gasteiger partial charge in [0.1, 0.15) is 5.75 Å². The highest BCUT2D eigenvalue weighted by Gasteiger charge is 2.12. The molecule has 13 heavy (non-hydrogen) atoms. The number of carbonyl (C=O) groups is 1. The van der Waals surface area contributed by atoms with E-state index in [1.807, 2.05) is 0 Å². The highest BCUT2D eigenvalue weighted by atomic mass is 16.5. The highest BCUT2D eigenvalue weighted by Crippen LogP contribution is 2.12. The molecule has 0 radical (unpaired) electrons. The van der Waals surface area contributed by atoms with Crippen molar-refractivity contribution in [1.29, 1.82) is 0 Å². The maximum Gasteiger partial charge on any atom is 0.488 e. The van der Waals surface area contributed by atoms with Gasteiger partial charge in [-0.25, -0.2) is 0 Å². The van der Waals surface area contributed by atoms with Crippen molar-refractivity contribution in [2.24, 2.45) is 0 Å². The van der Waals surface area contributed by atoms with E-state index in [0.717, 1.165) is 0 Å². The van der Waals surface area contributed by atoms with Crippen LogP contribution in [0, 0.1) is 0 Å². The largest absolute Gasteiger partial charge is 0.488 e. The van der Waals surface area contributed by atoms with E-state index < -0.39 is 7.12 Å². The fourth-order valence-electron chi connectivity index (χ4n) is 0.919. The van der Waals surface area contributed by atoms with Crippen molar-refractivity contribution in [3.8, 4) is 5.75 Å². The number of ether oxygens (including phenoxy) is 1. The second kappa shape index (κ2) is 3.93. The number of anilines is 1. The van der Waals surface area contributed by atoms with Crippen LogP contribution in [0.4, 0.5) is 5.69 Å². The van der Waals surface area contributed by atoms with Gasteiger partial charge in [0.05, 0.1) is 0 Å². The molecule has 0 saturated heterocycles.